The fraction of sp³-hybridized carbons (Fsp3) is 0.333. The summed E-state index contributed by atoms with van der Waals surface area (Å²) >= 11 is 2.99. The minimum absolute atomic E-state index is 0.225. The number of rotatable bonds is 5. The lowest BCUT2D eigenvalue weighted by Gasteiger charge is -2.17. The van der Waals surface area contributed by atoms with Crippen LogP contribution in [-0.2, 0) is 4.79 Å². The van der Waals surface area contributed by atoms with E-state index in [9.17, 15) is 23.5 Å². The van der Waals surface area contributed by atoms with E-state index in [0.29, 0.717) is 0 Å². The van der Waals surface area contributed by atoms with Gasteiger partial charge in [0.2, 0.25) is 0 Å². The Hall–Kier alpha value is -1.34. The second-order valence-corrected chi connectivity index (χ2v) is 5.20. The molecule has 0 bridgehead atoms. The van der Waals surface area contributed by atoms with Crippen LogP contribution in [0.1, 0.15) is 40.9 Å². The highest BCUT2D eigenvalue weighted by molar-refractivity contribution is 9.10. The molecule has 19 heavy (non-hydrogen) atoms. The first kappa shape index (κ1) is 15.7. The number of benzene rings is 1. The summed E-state index contributed by atoms with van der Waals surface area (Å²) in [4.78, 5) is 22.0. The van der Waals surface area contributed by atoms with Crippen molar-refractivity contribution in [1.29, 1.82) is 0 Å². The normalized spacial score (nSPS) is 14.2. The average Bonchev–Trinajstić information content (AvgIpc) is 2.35. The summed E-state index contributed by atoms with van der Waals surface area (Å²) in [5.41, 5.74) is -1.44. The van der Waals surface area contributed by atoms with Crippen LogP contribution < -0.4 is 0 Å². The van der Waals surface area contributed by atoms with Crippen molar-refractivity contribution < 1.29 is 28.6 Å². The molecule has 0 aliphatic rings. The van der Waals surface area contributed by atoms with Gasteiger partial charge in [-0.15, -0.1) is 0 Å². The Morgan fingerprint density at radius 2 is 1.89 bits per heavy atom. The van der Waals surface area contributed by atoms with Crippen molar-refractivity contribution in [3.63, 3.8) is 0 Å². The molecule has 104 valence electrons. The van der Waals surface area contributed by atoms with Crippen LogP contribution in [0, 0.1) is 0 Å². The third-order valence-electron chi connectivity index (χ3n) is 2.51. The zero-order valence-corrected chi connectivity index (χ0v) is 11.4. The van der Waals surface area contributed by atoms with Crippen LogP contribution in [0.5, 0.6) is 0 Å². The van der Waals surface area contributed by atoms with Gasteiger partial charge in [0.1, 0.15) is 0 Å². The van der Waals surface area contributed by atoms with Crippen molar-refractivity contribution in [2.45, 2.75) is 24.3 Å². The first-order chi connectivity index (χ1) is 8.77. The number of Topliss-reactive ketones (excluding diaryl/α,β-unsaturated/α-hetero) is 1. The van der Waals surface area contributed by atoms with Gasteiger partial charge in [-0.05, 0) is 6.92 Å². The number of carbonyl (C=O) groups is 2. The molecule has 0 heterocycles. The van der Waals surface area contributed by atoms with E-state index in [1.807, 2.05) is 0 Å². The minimum Gasteiger partial charge on any atom is -0.479 e. The number of carbonyl (C=O) groups excluding carboxylic acids is 1. The lowest BCUT2D eigenvalue weighted by atomic mass is 9.93. The lowest BCUT2D eigenvalue weighted by molar-refractivity contribution is -0.147. The second kappa shape index (κ2) is 6.21. The van der Waals surface area contributed by atoms with E-state index in [2.05, 4.69) is 15.9 Å². The van der Waals surface area contributed by atoms with Gasteiger partial charge >= 0.3 is 5.97 Å². The molecule has 0 spiro atoms. The number of ketones is 1. The van der Waals surface area contributed by atoms with Crippen LogP contribution in [0.2, 0.25) is 0 Å². The van der Waals surface area contributed by atoms with Crippen LogP contribution in [0.15, 0.2) is 18.2 Å². The fourth-order valence-corrected chi connectivity index (χ4v) is 1.88. The summed E-state index contributed by atoms with van der Waals surface area (Å²) in [6, 6.07) is 3.43. The lowest BCUT2D eigenvalue weighted by Crippen LogP contribution is -2.20. The maximum atomic E-state index is 12.9. The van der Waals surface area contributed by atoms with Gasteiger partial charge < -0.3 is 10.2 Å². The van der Waals surface area contributed by atoms with Crippen LogP contribution >= 0.6 is 15.9 Å². The van der Waals surface area contributed by atoms with E-state index in [0.717, 1.165) is 6.07 Å². The number of hydrogen-bond acceptors (Lipinski definition) is 3. The van der Waals surface area contributed by atoms with Crippen LogP contribution in [0.4, 0.5) is 8.78 Å². The Balaban J connectivity index is 3.51. The van der Waals surface area contributed by atoms with Gasteiger partial charge in [0.15, 0.2) is 11.9 Å². The van der Waals surface area contributed by atoms with Gasteiger partial charge in [0.25, 0.3) is 6.43 Å². The molecule has 0 saturated carbocycles. The first-order valence-corrected chi connectivity index (χ1v) is 6.19. The summed E-state index contributed by atoms with van der Waals surface area (Å²) in [5, 5.41) is 18.3. The average molecular weight is 337 g/mol. The molecule has 0 aliphatic heterocycles. The molecule has 0 amide bonds. The van der Waals surface area contributed by atoms with E-state index < -0.39 is 40.2 Å². The SMILES string of the molecule is CC(Br)C(=O)c1cccc(C(F)F)c1C(O)C(=O)O. The minimum atomic E-state index is -2.98. The topological polar surface area (TPSA) is 74.6 Å². The molecule has 4 nitrogen and oxygen atoms in total. The third-order valence-corrected chi connectivity index (χ3v) is 2.92. The highest BCUT2D eigenvalue weighted by Crippen LogP contribution is 2.31. The number of aliphatic hydroxyl groups excluding tert-OH is 1. The van der Waals surface area contributed by atoms with Crippen LogP contribution in [0.25, 0.3) is 0 Å². The molecule has 1 aromatic rings. The van der Waals surface area contributed by atoms with Crippen LogP contribution in [-0.4, -0.2) is 26.8 Å². The summed E-state index contributed by atoms with van der Waals surface area (Å²) in [6.45, 7) is 1.48. The Kier molecular flexibility index (Phi) is 5.13. The number of alkyl halides is 3. The molecular formula is C12H11BrF2O4. The fourth-order valence-electron chi connectivity index (χ4n) is 1.63. The molecule has 2 atom stereocenters. The predicted molar refractivity (Wildman–Crippen MR) is 66.7 cm³/mol. The van der Waals surface area contributed by atoms with Gasteiger partial charge in [0.05, 0.1) is 4.83 Å². The largest absolute Gasteiger partial charge is 0.479 e. The molecule has 0 radical (unpaired) electrons. The second-order valence-electron chi connectivity index (χ2n) is 3.83. The number of halogens is 3. The zero-order chi connectivity index (χ0) is 14.7. The van der Waals surface area contributed by atoms with Gasteiger partial charge in [-0.25, -0.2) is 13.6 Å². The number of carboxylic acid groups (broad SMARTS) is 1. The van der Waals surface area contributed by atoms with Crippen molar-refractivity contribution in [2.75, 3.05) is 0 Å². The van der Waals surface area contributed by atoms with E-state index in [-0.39, 0.29) is 5.56 Å². The Morgan fingerprint density at radius 1 is 1.32 bits per heavy atom. The van der Waals surface area contributed by atoms with Crippen molar-refractivity contribution in [1.82, 2.24) is 0 Å². The molecule has 7 heteroatoms. The Labute approximate surface area is 116 Å². The monoisotopic (exact) mass is 336 g/mol. The Bertz CT molecular complexity index is 503. The number of hydrogen-bond donors (Lipinski definition) is 2. The van der Waals surface area contributed by atoms with Crippen LogP contribution in [0.3, 0.4) is 0 Å². The smallest absolute Gasteiger partial charge is 0.337 e. The van der Waals surface area contributed by atoms with E-state index >= 15 is 0 Å². The van der Waals surface area contributed by atoms with E-state index in [1.165, 1.54) is 19.1 Å². The molecule has 0 fully saturated rings. The maximum Gasteiger partial charge on any atom is 0.337 e. The molecule has 0 saturated heterocycles. The molecule has 1 aromatic carbocycles. The highest BCUT2D eigenvalue weighted by Gasteiger charge is 2.29. The quantitative estimate of drug-likeness (QED) is 0.640. The van der Waals surface area contributed by atoms with Gasteiger partial charge in [-0.2, -0.15) is 0 Å². The van der Waals surface area contributed by atoms with E-state index in [4.69, 9.17) is 5.11 Å². The molecule has 2 N–H and O–H groups in total. The molecule has 2 unspecified atom stereocenters. The standard InChI is InChI=1S/C12H11BrF2O4/c1-5(13)9(16)6-3-2-4-7(11(14)15)8(6)10(17)12(18)19/h2-5,10-11,17H,1H3,(H,18,19). The van der Waals surface area contributed by atoms with Gasteiger partial charge in [-0.1, -0.05) is 34.1 Å². The molecule has 0 aromatic heterocycles. The molecule has 0 aliphatic carbocycles. The summed E-state index contributed by atoms with van der Waals surface area (Å²) in [7, 11) is 0. The van der Waals surface area contributed by atoms with Crippen molar-refractivity contribution in [2.24, 2.45) is 0 Å². The number of aliphatic hydroxyl groups is 1. The van der Waals surface area contributed by atoms with Crippen molar-refractivity contribution in [3.05, 3.63) is 34.9 Å². The van der Waals surface area contributed by atoms with E-state index in [1.54, 1.807) is 0 Å². The maximum absolute atomic E-state index is 12.9. The Morgan fingerprint density at radius 3 is 2.32 bits per heavy atom. The van der Waals surface area contributed by atoms with Gasteiger partial charge in [0, 0.05) is 16.7 Å². The number of carboxylic acids is 1. The van der Waals surface area contributed by atoms with Gasteiger partial charge in [-0.3, -0.25) is 4.79 Å². The summed E-state index contributed by atoms with van der Waals surface area (Å²) in [6.07, 6.45) is -5.15. The number of aliphatic carboxylic acids is 1. The molecular weight excluding hydrogens is 326 g/mol. The highest BCUT2D eigenvalue weighted by atomic mass is 79.9. The molecule has 1 rings (SSSR count). The zero-order valence-electron chi connectivity index (χ0n) is 9.81. The summed E-state index contributed by atoms with van der Waals surface area (Å²) in [5.74, 6) is -2.26. The van der Waals surface area contributed by atoms with Crippen molar-refractivity contribution >= 4 is 27.7 Å². The first-order valence-electron chi connectivity index (χ1n) is 5.27. The third kappa shape index (κ3) is 3.36. The summed E-state index contributed by atoms with van der Waals surface area (Å²) < 4.78 is 25.7. The predicted octanol–water partition coefficient (Wildman–Crippen LogP) is 2.71. The van der Waals surface area contributed by atoms with Crippen molar-refractivity contribution in [3.8, 4) is 0 Å².